The number of benzene rings is 1. The number of carbonyl (C=O) groups excluding carboxylic acids is 1. The molecule has 1 aromatic carbocycles. The van der Waals surface area contributed by atoms with Crippen LogP contribution in [0.5, 0.6) is 0 Å². The Bertz CT molecular complexity index is 736. The summed E-state index contributed by atoms with van der Waals surface area (Å²) in [6.45, 7) is 1.93. The molecule has 1 heterocycles. The molecule has 0 fully saturated rings. The highest BCUT2D eigenvalue weighted by Crippen LogP contribution is 2.19. The zero-order valence-corrected chi connectivity index (χ0v) is 12.6. The number of carbonyl (C=O) groups is 1. The zero-order chi connectivity index (χ0) is 14.8. The molecule has 2 aromatic rings. The Morgan fingerprint density at radius 1 is 1.15 bits per heavy atom. The van der Waals surface area contributed by atoms with Crippen molar-refractivity contribution >= 4 is 38.6 Å². The minimum absolute atomic E-state index is 0.209. The maximum Gasteiger partial charge on any atom is 0.265 e. The molecule has 106 valence electrons. The van der Waals surface area contributed by atoms with E-state index in [-0.39, 0.29) is 5.91 Å². The smallest absolute Gasteiger partial charge is 0.265 e. The third-order valence-corrected chi connectivity index (χ3v) is 3.99. The van der Waals surface area contributed by atoms with Crippen LogP contribution in [0.25, 0.3) is 0 Å². The molecule has 7 heteroatoms. The lowest BCUT2D eigenvalue weighted by Crippen LogP contribution is -2.12. The van der Waals surface area contributed by atoms with Gasteiger partial charge < -0.3 is 5.32 Å². The Balaban J connectivity index is 2.14. The molecule has 0 atom stereocenters. The van der Waals surface area contributed by atoms with E-state index in [1.165, 1.54) is 11.3 Å². The first-order valence-electron chi connectivity index (χ1n) is 5.79. The molecule has 1 amide bonds. The summed E-state index contributed by atoms with van der Waals surface area (Å²) in [6.07, 6.45) is 1.08. The quantitative estimate of drug-likeness (QED) is 0.911. The number of hydrogen-bond acceptors (Lipinski definition) is 4. The third-order valence-electron chi connectivity index (χ3n) is 2.39. The third kappa shape index (κ3) is 4.07. The maximum absolute atomic E-state index is 12.0. The molecule has 20 heavy (non-hydrogen) atoms. The van der Waals surface area contributed by atoms with Crippen LogP contribution in [0.3, 0.4) is 0 Å². The molecule has 5 nitrogen and oxygen atoms in total. The van der Waals surface area contributed by atoms with Gasteiger partial charge in [-0.3, -0.25) is 9.52 Å². The summed E-state index contributed by atoms with van der Waals surface area (Å²) >= 11 is 1.41. The highest BCUT2D eigenvalue weighted by molar-refractivity contribution is 7.92. The van der Waals surface area contributed by atoms with Crippen LogP contribution in [-0.2, 0) is 10.0 Å². The van der Waals surface area contributed by atoms with E-state index in [2.05, 4.69) is 10.0 Å². The lowest BCUT2D eigenvalue weighted by atomic mass is 10.3. The number of nitrogens with one attached hydrogen (secondary N) is 2. The van der Waals surface area contributed by atoms with Gasteiger partial charge in [-0.1, -0.05) is 6.07 Å². The van der Waals surface area contributed by atoms with Gasteiger partial charge in [-0.05, 0) is 37.3 Å². The molecule has 0 bridgehead atoms. The minimum atomic E-state index is -3.33. The summed E-state index contributed by atoms with van der Waals surface area (Å²) in [4.78, 5) is 13.7. The van der Waals surface area contributed by atoms with Gasteiger partial charge in [-0.25, -0.2) is 8.42 Å². The zero-order valence-electron chi connectivity index (χ0n) is 11.0. The van der Waals surface area contributed by atoms with Crippen LogP contribution >= 0.6 is 11.3 Å². The van der Waals surface area contributed by atoms with Crippen molar-refractivity contribution < 1.29 is 13.2 Å². The Labute approximate surface area is 121 Å². The van der Waals surface area contributed by atoms with Crippen molar-refractivity contribution in [3.63, 3.8) is 0 Å². The number of anilines is 2. The monoisotopic (exact) mass is 310 g/mol. The first kappa shape index (κ1) is 14.5. The van der Waals surface area contributed by atoms with Crippen LogP contribution in [-0.4, -0.2) is 20.6 Å². The predicted molar refractivity (Wildman–Crippen MR) is 81.9 cm³/mol. The van der Waals surface area contributed by atoms with E-state index in [0.717, 1.165) is 11.1 Å². The average Bonchev–Trinajstić information content (AvgIpc) is 2.74. The fourth-order valence-corrected chi connectivity index (χ4v) is 2.94. The largest absolute Gasteiger partial charge is 0.321 e. The van der Waals surface area contributed by atoms with E-state index in [1.54, 1.807) is 30.3 Å². The number of sulfonamides is 1. The summed E-state index contributed by atoms with van der Waals surface area (Å²) in [7, 11) is -3.33. The van der Waals surface area contributed by atoms with Crippen molar-refractivity contribution in [2.45, 2.75) is 6.92 Å². The van der Waals surface area contributed by atoms with Crippen LogP contribution < -0.4 is 10.0 Å². The minimum Gasteiger partial charge on any atom is -0.321 e. The molecule has 0 aliphatic carbocycles. The summed E-state index contributed by atoms with van der Waals surface area (Å²) in [5.74, 6) is -0.209. The molecular formula is C13H14N2O3S2. The fraction of sp³-hybridized carbons (Fsp3) is 0.154. The van der Waals surface area contributed by atoms with Crippen molar-refractivity contribution in [3.8, 4) is 0 Å². The molecule has 0 unspecified atom stereocenters. The summed E-state index contributed by atoms with van der Waals surface area (Å²) < 4.78 is 24.7. The molecule has 0 spiro atoms. The molecule has 2 N–H and O–H groups in total. The number of rotatable bonds is 4. The number of aryl methyl sites for hydroxylation is 1. The summed E-state index contributed by atoms with van der Waals surface area (Å²) in [5, 5.41) is 2.73. The second-order valence-corrected chi connectivity index (χ2v) is 7.36. The first-order valence-corrected chi connectivity index (χ1v) is 8.50. The van der Waals surface area contributed by atoms with E-state index in [9.17, 15) is 13.2 Å². The molecular weight excluding hydrogens is 296 g/mol. The van der Waals surface area contributed by atoms with Gasteiger partial charge in [0.15, 0.2) is 0 Å². The van der Waals surface area contributed by atoms with Gasteiger partial charge in [0.2, 0.25) is 10.0 Å². The number of thiophene rings is 1. The Morgan fingerprint density at radius 3 is 2.45 bits per heavy atom. The van der Waals surface area contributed by atoms with E-state index >= 15 is 0 Å². The van der Waals surface area contributed by atoms with Crippen molar-refractivity contribution in [1.82, 2.24) is 0 Å². The van der Waals surface area contributed by atoms with Crippen LogP contribution in [0, 0.1) is 6.92 Å². The van der Waals surface area contributed by atoms with Gasteiger partial charge >= 0.3 is 0 Å². The number of hydrogen-bond donors (Lipinski definition) is 2. The van der Waals surface area contributed by atoms with E-state index in [1.807, 2.05) is 13.0 Å². The molecule has 0 saturated carbocycles. The Hall–Kier alpha value is -1.86. The van der Waals surface area contributed by atoms with Crippen LogP contribution in [0.4, 0.5) is 11.4 Å². The maximum atomic E-state index is 12.0. The fourth-order valence-electron chi connectivity index (χ4n) is 1.62. The van der Waals surface area contributed by atoms with Gasteiger partial charge in [0.25, 0.3) is 5.91 Å². The van der Waals surface area contributed by atoms with Crippen LogP contribution in [0.15, 0.2) is 36.4 Å². The highest BCUT2D eigenvalue weighted by atomic mass is 32.2. The topological polar surface area (TPSA) is 75.3 Å². The lowest BCUT2D eigenvalue weighted by Gasteiger charge is -2.07. The van der Waals surface area contributed by atoms with Crippen LogP contribution in [0.1, 0.15) is 14.5 Å². The van der Waals surface area contributed by atoms with Gasteiger partial charge in [0, 0.05) is 10.6 Å². The van der Waals surface area contributed by atoms with Crippen LogP contribution in [0.2, 0.25) is 0 Å². The van der Waals surface area contributed by atoms with Gasteiger partial charge in [0.1, 0.15) is 0 Å². The molecule has 1 aromatic heterocycles. The summed E-state index contributed by atoms with van der Waals surface area (Å²) in [5.41, 5.74) is 0.947. The van der Waals surface area contributed by atoms with E-state index < -0.39 is 10.0 Å². The first-order chi connectivity index (χ1) is 9.33. The second kappa shape index (κ2) is 5.64. The Kier molecular flexibility index (Phi) is 4.10. The Morgan fingerprint density at radius 2 is 1.85 bits per heavy atom. The van der Waals surface area contributed by atoms with Crippen molar-refractivity contribution in [3.05, 3.63) is 46.2 Å². The van der Waals surface area contributed by atoms with E-state index in [0.29, 0.717) is 16.3 Å². The molecule has 0 radical (unpaired) electrons. The summed E-state index contributed by atoms with van der Waals surface area (Å²) in [6, 6.07) is 10.2. The molecule has 2 rings (SSSR count). The van der Waals surface area contributed by atoms with Crippen molar-refractivity contribution in [2.24, 2.45) is 0 Å². The highest BCUT2D eigenvalue weighted by Gasteiger charge is 2.09. The SMILES string of the molecule is Cc1ccc(C(=O)Nc2cccc(NS(C)(=O)=O)c2)s1. The molecule has 0 saturated heterocycles. The van der Waals surface area contributed by atoms with Crippen molar-refractivity contribution in [1.29, 1.82) is 0 Å². The van der Waals surface area contributed by atoms with Gasteiger partial charge in [-0.2, -0.15) is 0 Å². The predicted octanol–water partition coefficient (Wildman–Crippen LogP) is 2.68. The van der Waals surface area contributed by atoms with Gasteiger partial charge in [-0.15, -0.1) is 11.3 Å². The van der Waals surface area contributed by atoms with Gasteiger partial charge in [0.05, 0.1) is 16.8 Å². The normalized spacial score (nSPS) is 11.1. The average molecular weight is 310 g/mol. The second-order valence-electron chi connectivity index (χ2n) is 4.32. The lowest BCUT2D eigenvalue weighted by molar-refractivity contribution is 0.103. The number of amides is 1. The molecule has 0 aliphatic heterocycles. The standard InChI is InChI=1S/C13H14N2O3S2/c1-9-6-7-12(19-9)13(16)14-10-4-3-5-11(8-10)15-20(2,17)18/h3-8,15H,1-2H3,(H,14,16). The molecule has 0 aliphatic rings. The van der Waals surface area contributed by atoms with E-state index in [4.69, 9.17) is 0 Å². The van der Waals surface area contributed by atoms with Crippen molar-refractivity contribution in [2.75, 3.05) is 16.3 Å².